The van der Waals surface area contributed by atoms with Crippen molar-refractivity contribution in [1.29, 1.82) is 0 Å². The highest BCUT2D eigenvalue weighted by molar-refractivity contribution is 8.14. The molecule has 4 rings (SSSR count). The fraction of sp³-hybridized carbons (Fsp3) is 0.182. The lowest BCUT2D eigenvalue weighted by molar-refractivity contribution is -0.117. The average molecular weight is 452 g/mol. The summed E-state index contributed by atoms with van der Waals surface area (Å²) in [6.45, 7) is 2.11. The first-order valence-corrected chi connectivity index (χ1v) is 10.7. The normalized spacial score (nSPS) is 15.7. The van der Waals surface area contributed by atoms with Crippen molar-refractivity contribution in [1.82, 2.24) is 10.6 Å². The molecule has 2 aliphatic heterocycles. The van der Waals surface area contributed by atoms with Gasteiger partial charge in [-0.25, -0.2) is 9.79 Å². The van der Waals surface area contributed by atoms with Gasteiger partial charge in [0, 0.05) is 7.05 Å². The molecule has 32 heavy (non-hydrogen) atoms. The van der Waals surface area contributed by atoms with E-state index < -0.39 is 11.9 Å². The molecule has 0 saturated carbocycles. The van der Waals surface area contributed by atoms with Crippen molar-refractivity contribution in [2.45, 2.75) is 6.92 Å². The van der Waals surface area contributed by atoms with E-state index in [-0.39, 0.29) is 24.2 Å². The Hall–Kier alpha value is -3.79. The maximum Gasteiger partial charge on any atom is 0.321 e. The first-order chi connectivity index (χ1) is 15.4. The quantitative estimate of drug-likeness (QED) is 0.691. The predicted molar refractivity (Wildman–Crippen MR) is 122 cm³/mol. The Morgan fingerprint density at radius 2 is 1.91 bits per heavy atom. The molecular formula is C22H20N4O5S. The number of benzene rings is 2. The van der Waals surface area contributed by atoms with Crippen molar-refractivity contribution in [2.24, 2.45) is 4.99 Å². The molecule has 2 aromatic carbocycles. The first kappa shape index (κ1) is 21.4. The van der Waals surface area contributed by atoms with E-state index in [4.69, 9.17) is 9.47 Å². The largest absolute Gasteiger partial charge is 0.454 e. The van der Waals surface area contributed by atoms with Crippen molar-refractivity contribution in [3.63, 3.8) is 0 Å². The zero-order valence-corrected chi connectivity index (χ0v) is 18.2. The van der Waals surface area contributed by atoms with Gasteiger partial charge in [0.1, 0.15) is 5.70 Å². The molecule has 0 radical (unpaired) electrons. The zero-order valence-electron chi connectivity index (χ0n) is 17.4. The lowest BCUT2D eigenvalue weighted by Crippen LogP contribution is -2.39. The van der Waals surface area contributed by atoms with Gasteiger partial charge in [-0.2, -0.15) is 0 Å². The van der Waals surface area contributed by atoms with E-state index in [0.29, 0.717) is 22.4 Å². The van der Waals surface area contributed by atoms with E-state index in [9.17, 15) is 14.4 Å². The van der Waals surface area contributed by atoms with Crippen LogP contribution in [0.25, 0.3) is 6.08 Å². The summed E-state index contributed by atoms with van der Waals surface area (Å²) in [4.78, 5) is 42.5. The minimum atomic E-state index is -0.598. The molecule has 10 heteroatoms. The number of amides is 4. The van der Waals surface area contributed by atoms with Crippen LogP contribution in [-0.4, -0.2) is 42.6 Å². The van der Waals surface area contributed by atoms with Gasteiger partial charge in [0.25, 0.3) is 5.91 Å². The van der Waals surface area contributed by atoms with Gasteiger partial charge >= 0.3 is 6.03 Å². The van der Waals surface area contributed by atoms with Crippen molar-refractivity contribution < 1.29 is 23.9 Å². The van der Waals surface area contributed by atoms with Crippen LogP contribution in [0.15, 0.2) is 53.2 Å². The van der Waals surface area contributed by atoms with Gasteiger partial charge in [0.2, 0.25) is 12.7 Å². The van der Waals surface area contributed by atoms with Crippen LogP contribution in [0.4, 0.5) is 10.5 Å². The second-order valence-electron chi connectivity index (χ2n) is 6.93. The van der Waals surface area contributed by atoms with Crippen LogP contribution in [0.5, 0.6) is 11.5 Å². The molecular weight excluding hydrogens is 432 g/mol. The number of urea groups is 1. The molecule has 164 valence electrons. The summed E-state index contributed by atoms with van der Waals surface area (Å²) in [5, 5.41) is 4.86. The molecule has 0 unspecified atom stereocenters. The highest BCUT2D eigenvalue weighted by Crippen LogP contribution is 2.34. The number of rotatable bonds is 4. The zero-order chi connectivity index (χ0) is 22.7. The number of imide groups is 1. The average Bonchev–Trinajstić information content (AvgIpc) is 3.37. The molecule has 0 aliphatic carbocycles. The SMILES string of the molecule is CNC(=O)NC(=O)CSC1=NC(=Cc2ccc3c(c2)OCO3)C(=O)N1c1ccc(C)cc1. The minimum absolute atomic E-state index is 0.0841. The molecule has 2 aromatic rings. The molecule has 2 heterocycles. The molecule has 0 bridgehead atoms. The maximum atomic E-state index is 13.2. The number of carbonyl (C=O) groups excluding carboxylic acids is 3. The molecule has 0 spiro atoms. The van der Waals surface area contributed by atoms with E-state index in [1.54, 1.807) is 18.2 Å². The third-order valence-electron chi connectivity index (χ3n) is 4.63. The number of aliphatic imine (C=N–C) groups is 1. The second-order valence-corrected chi connectivity index (χ2v) is 7.87. The summed E-state index contributed by atoms with van der Waals surface area (Å²) in [7, 11) is 1.42. The lowest BCUT2D eigenvalue weighted by Gasteiger charge is -2.17. The molecule has 2 aliphatic rings. The van der Waals surface area contributed by atoms with Crippen LogP contribution in [0, 0.1) is 6.92 Å². The number of nitrogens with zero attached hydrogens (tertiary/aromatic N) is 2. The third kappa shape index (κ3) is 4.59. The van der Waals surface area contributed by atoms with E-state index >= 15 is 0 Å². The Labute approximate surface area is 188 Å². The molecule has 4 amide bonds. The molecule has 0 fully saturated rings. The van der Waals surface area contributed by atoms with Crippen LogP contribution in [0.3, 0.4) is 0 Å². The summed E-state index contributed by atoms with van der Waals surface area (Å²) < 4.78 is 10.7. The monoisotopic (exact) mass is 452 g/mol. The molecule has 0 atom stereocenters. The van der Waals surface area contributed by atoms with E-state index in [1.165, 1.54) is 11.9 Å². The fourth-order valence-electron chi connectivity index (χ4n) is 3.03. The number of aryl methyl sites for hydroxylation is 1. The van der Waals surface area contributed by atoms with Crippen LogP contribution in [-0.2, 0) is 9.59 Å². The first-order valence-electron chi connectivity index (χ1n) is 9.70. The van der Waals surface area contributed by atoms with Crippen LogP contribution < -0.4 is 25.0 Å². The fourth-order valence-corrected chi connectivity index (χ4v) is 3.84. The summed E-state index contributed by atoms with van der Waals surface area (Å²) in [5.74, 6) is 0.346. The number of amidine groups is 1. The maximum absolute atomic E-state index is 13.2. The number of ether oxygens (including phenoxy) is 2. The van der Waals surface area contributed by atoms with E-state index in [0.717, 1.165) is 22.9 Å². The number of carbonyl (C=O) groups is 3. The topological polar surface area (TPSA) is 109 Å². The standard InChI is InChI=1S/C22H20N4O5S/c1-13-3-6-15(7-4-13)26-20(28)16(9-14-5-8-17-18(10-14)31-12-30-17)24-22(26)32-11-19(27)25-21(29)23-2/h3-10H,11-12H2,1-2H3,(H2,23,25,27,29). The highest BCUT2D eigenvalue weighted by Gasteiger charge is 2.32. The summed E-state index contributed by atoms with van der Waals surface area (Å²) >= 11 is 1.07. The van der Waals surface area contributed by atoms with Gasteiger partial charge in [0.15, 0.2) is 16.7 Å². The smallest absolute Gasteiger partial charge is 0.321 e. The molecule has 0 aromatic heterocycles. The number of anilines is 1. The highest BCUT2D eigenvalue weighted by atomic mass is 32.2. The minimum Gasteiger partial charge on any atom is -0.454 e. The van der Waals surface area contributed by atoms with Gasteiger partial charge in [-0.3, -0.25) is 19.8 Å². The number of hydrogen-bond acceptors (Lipinski definition) is 7. The van der Waals surface area contributed by atoms with Gasteiger partial charge in [-0.05, 0) is 42.8 Å². The molecule has 0 saturated heterocycles. The van der Waals surface area contributed by atoms with Crippen LogP contribution in [0.1, 0.15) is 11.1 Å². The number of hydrogen-bond donors (Lipinski definition) is 2. The summed E-state index contributed by atoms with van der Waals surface area (Å²) in [6.07, 6.45) is 1.66. The lowest BCUT2D eigenvalue weighted by atomic mass is 10.1. The van der Waals surface area contributed by atoms with Gasteiger partial charge in [0.05, 0.1) is 11.4 Å². The van der Waals surface area contributed by atoms with E-state index in [2.05, 4.69) is 15.6 Å². The van der Waals surface area contributed by atoms with Crippen LogP contribution >= 0.6 is 11.8 Å². The van der Waals surface area contributed by atoms with Crippen molar-refractivity contribution in [3.05, 3.63) is 59.3 Å². The number of nitrogens with one attached hydrogen (secondary N) is 2. The second kappa shape index (κ2) is 9.15. The van der Waals surface area contributed by atoms with Crippen molar-refractivity contribution in [2.75, 3.05) is 24.5 Å². The Morgan fingerprint density at radius 3 is 2.66 bits per heavy atom. The Kier molecular flexibility index (Phi) is 6.13. The van der Waals surface area contributed by atoms with Gasteiger partial charge < -0.3 is 14.8 Å². The van der Waals surface area contributed by atoms with Gasteiger partial charge in [-0.1, -0.05) is 35.5 Å². The van der Waals surface area contributed by atoms with Crippen molar-refractivity contribution in [3.8, 4) is 11.5 Å². The number of thioether (sulfide) groups is 1. The summed E-state index contributed by atoms with van der Waals surface area (Å²) in [5.41, 5.74) is 2.63. The Bertz CT molecular complexity index is 1140. The van der Waals surface area contributed by atoms with Crippen LogP contribution in [0.2, 0.25) is 0 Å². The predicted octanol–water partition coefficient (Wildman–Crippen LogP) is 2.66. The molecule has 9 nitrogen and oxygen atoms in total. The molecule has 2 N–H and O–H groups in total. The van der Waals surface area contributed by atoms with E-state index in [1.807, 2.05) is 37.3 Å². The van der Waals surface area contributed by atoms with Crippen molar-refractivity contribution >= 4 is 46.5 Å². The Balaban J connectivity index is 1.61. The Morgan fingerprint density at radius 1 is 1.16 bits per heavy atom. The van der Waals surface area contributed by atoms with Gasteiger partial charge in [-0.15, -0.1) is 0 Å². The third-order valence-corrected chi connectivity index (χ3v) is 5.57. The summed E-state index contributed by atoms with van der Waals surface area (Å²) in [6, 6.07) is 12.2. The number of fused-ring (bicyclic) bond motifs is 1.